The third-order valence-corrected chi connectivity index (χ3v) is 3.16. The van der Waals surface area contributed by atoms with Gasteiger partial charge in [0.2, 0.25) is 5.95 Å². The highest BCUT2D eigenvalue weighted by Crippen LogP contribution is 2.25. The Balaban J connectivity index is 1.92. The number of imidazole rings is 1. The van der Waals surface area contributed by atoms with E-state index in [1.54, 1.807) is 10.6 Å². The lowest BCUT2D eigenvalue weighted by atomic mass is 10.2. The molecule has 0 atom stereocenters. The average molecular weight is 307 g/mol. The summed E-state index contributed by atoms with van der Waals surface area (Å²) >= 11 is 0. The smallest absolute Gasteiger partial charge is 0.406 e. The number of alkyl halides is 3. The molecule has 0 aliphatic carbocycles. The number of hydrogen-bond acceptors (Lipinski definition) is 3. The van der Waals surface area contributed by atoms with Gasteiger partial charge >= 0.3 is 6.36 Å². The third kappa shape index (κ3) is 2.98. The van der Waals surface area contributed by atoms with E-state index in [0.717, 1.165) is 11.0 Å². The van der Waals surface area contributed by atoms with Gasteiger partial charge in [-0.3, -0.25) is 0 Å². The van der Waals surface area contributed by atoms with Crippen LogP contribution >= 0.6 is 0 Å². The van der Waals surface area contributed by atoms with Crippen molar-refractivity contribution >= 4 is 17.0 Å². The predicted molar refractivity (Wildman–Crippen MR) is 76.4 cm³/mol. The van der Waals surface area contributed by atoms with Crippen LogP contribution in [0.4, 0.5) is 19.1 Å². The maximum absolute atomic E-state index is 12.3. The van der Waals surface area contributed by atoms with E-state index in [9.17, 15) is 13.2 Å². The fourth-order valence-corrected chi connectivity index (χ4v) is 2.28. The number of nitrogens with zero attached hydrogens (tertiary/aromatic N) is 2. The SMILES string of the molecule is Nc1nc2ccccc2n1Cc1cccc(OC(F)(F)F)c1. The third-order valence-electron chi connectivity index (χ3n) is 3.16. The number of nitrogens with two attached hydrogens (primary N) is 1. The first kappa shape index (κ1) is 14.2. The van der Waals surface area contributed by atoms with Crippen LogP contribution in [0.1, 0.15) is 5.56 Å². The minimum Gasteiger partial charge on any atom is -0.406 e. The molecule has 0 aliphatic rings. The van der Waals surface area contributed by atoms with Gasteiger partial charge in [-0.25, -0.2) is 4.98 Å². The fourth-order valence-electron chi connectivity index (χ4n) is 2.28. The first-order chi connectivity index (χ1) is 10.4. The molecule has 0 bridgehead atoms. The first-order valence-corrected chi connectivity index (χ1v) is 6.48. The number of aromatic nitrogens is 2. The Morgan fingerprint density at radius 2 is 1.86 bits per heavy atom. The molecule has 0 unspecified atom stereocenters. The van der Waals surface area contributed by atoms with E-state index in [1.807, 2.05) is 24.3 Å². The van der Waals surface area contributed by atoms with E-state index in [1.165, 1.54) is 18.2 Å². The lowest BCUT2D eigenvalue weighted by molar-refractivity contribution is -0.274. The van der Waals surface area contributed by atoms with Crippen molar-refractivity contribution in [2.24, 2.45) is 0 Å². The van der Waals surface area contributed by atoms with Gasteiger partial charge in [-0.1, -0.05) is 24.3 Å². The fraction of sp³-hybridized carbons (Fsp3) is 0.133. The molecule has 0 spiro atoms. The summed E-state index contributed by atoms with van der Waals surface area (Å²) in [6.07, 6.45) is -4.71. The summed E-state index contributed by atoms with van der Waals surface area (Å²) in [6, 6.07) is 13.2. The minimum absolute atomic E-state index is 0.256. The van der Waals surface area contributed by atoms with E-state index >= 15 is 0 Å². The maximum atomic E-state index is 12.3. The highest BCUT2D eigenvalue weighted by atomic mass is 19.4. The molecule has 3 rings (SSSR count). The number of nitrogen functional groups attached to an aromatic ring is 1. The normalized spacial score (nSPS) is 11.8. The van der Waals surface area contributed by atoms with Crippen LogP contribution in [0.25, 0.3) is 11.0 Å². The van der Waals surface area contributed by atoms with Gasteiger partial charge in [0.1, 0.15) is 5.75 Å². The highest BCUT2D eigenvalue weighted by Gasteiger charge is 2.31. The Morgan fingerprint density at radius 3 is 2.64 bits per heavy atom. The van der Waals surface area contributed by atoms with Crippen molar-refractivity contribution in [1.29, 1.82) is 0 Å². The van der Waals surface area contributed by atoms with Crippen molar-refractivity contribution in [3.8, 4) is 5.75 Å². The number of ether oxygens (including phenoxy) is 1. The van der Waals surface area contributed by atoms with Crippen molar-refractivity contribution in [2.45, 2.75) is 12.9 Å². The van der Waals surface area contributed by atoms with Crippen molar-refractivity contribution in [1.82, 2.24) is 9.55 Å². The van der Waals surface area contributed by atoms with E-state index < -0.39 is 6.36 Å². The molecule has 0 radical (unpaired) electrons. The summed E-state index contributed by atoms with van der Waals surface area (Å²) in [4.78, 5) is 4.22. The number of para-hydroxylation sites is 2. The molecule has 0 saturated heterocycles. The molecule has 22 heavy (non-hydrogen) atoms. The molecule has 7 heteroatoms. The van der Waals surface area contributed by atoms with Gasteiger partial charge in [-0.15, -0.1) is 13.2 Å². The molecule has 4 nitrogen and oxygen atoms in total. The van der Waals surface area contributed by atoms with Crippen LogP contribution < -0.4 is 10.5 Å². The monoisotopic (exact) mass is 307 g/mol. The summed E-state index contributed by atoms with van der Waals surface area (Å²) in [5.41, 5.74) is 8.08. The molecule has 0 fully saturated rings. The van der Waals surface area contributed by atoms with Crippen molar-refractivity contribution in [3.63, 3.8) is 0 Å². The molecule has 1 aromatic heterocycles. The number of halogens is 3. The Kier molecular flexibility index (Phi) is 3.40. The summed E-state index contributed by atoms with van der Waals surface area (Å²) in [7, 11) is 0. The van der Waals surface area contributed by atoms with Crippen molar-refractivity contribution in [2.75, 3.05) is 5.73 Å². The predicted octanol–water partition coefficient (Wildman–Crippen LogP) is 3.57. The second-order valence-corrected chi connectivity index (χ2v) is 4.74. The van der Waals surface area contributed by atoms with E-state index in [-0.39, 0.29) is 5.75 Å². The second-order valence-electron chi connectivity index (χ2n) is 4.74. The molecule has 2 aromatic carbocycles. The molecule has 1 heterocycles. The zero-order valence-corrected chi connectivity index (χ0v) is 11.3. The van der Waals surface area contributed by atoms with Gasteiger partial charge in [0.05, 0.1) is 17.6 Å². The van der Waals surface area contributed by atoms with Crippen molar-refractivity contribution in [3.05, 3.63) is 54.1 Å². The quantitative estimate of drug-likeness (QED) is 0.805. The summed E-state index contributed by atoms with van der Waals surface area (Å²) < 4.78 is 42.5. The van der Waals surface area contributed by atoms with Crippen LogP contribution in [-0.2, 0) is 6.54 Å². The van der Waals surface area contributed by atoms with E-state index in [4.69, 9.17) is 5.73 Å². The zero-order chi connectivity index (χ0) is 15.7. The molecule has 114 valence electrons. The van der Waals surface area contributed by atoms with E-state index in [2.05, 4.69) is 9.72 Å². The second kappa shape index (κ2) is 5.25. The highest BCUT2D eigenvalue weighted by molar-refractivity contribution is 5.78. The van der Waals surface area contributed by atoms with Crippen LogP contribution in [0.15, 0.2) is 48.5 Å². The van der Waals surface area contributed by atoms with Crippen LogP contribution in [0.3, 0.4) is 0 Å². The van der Waals surface area contributed by atoms with E-state index in [0.29, 0.717) is 18.1 Å². The maximum Gasteiger partial charge on any atom is 0.573 e. The van der Waals surface area contributed by atoms with Crippen LogP contribution in [0, 0.1) is 0 Å². The van der Waals surface area contributed by atoms with Gasteiger partial charge in [0.15, 0.2) is 0 Å². The molecule has 0 aliphatic heterocycles. The Bertz CT molecular complexity index is 811. The van der Waals surface area contributed by atoms with Gasteiger partial charge in [0, 0.05) is 0 Å². The van der Waals surface area contributed by atoms with Gasteiger partial charge < -0.3 is 15.0 Å². The van der Waals surface area contributed by atoms with Gasteiger partial charge in [0.25, 0.3) is 0 Å². The number of hydrogen-bond donors (Lipinski definition) is 1. The van der Waals surface area contributed by atoms with Crippen molar-refractivity contribution < 1.29 is 17.9 Å². The molecular formula is C15H12F3N3O. The lowest BCUT2D eigenvalue weighted by Crippen LogP contribution is -2.17. The van der Waals surface area contributed by atoms with Gasteiger partial charge in [-0.05, 0) is 29.8 Å². The summed E-state index contributed by atoms with van der Waals surface area (Å²) in [5, 5.41) is 0. The standard InChI is InChI=1S/C15H12F3N3O/c16-15(17,18)22-11-5-3-4-10(8-11)9-21-13-7-2-1-6-12(13)20-14(21)19/h1-8H,9H2,(H2,19,20). The number of anilines is 1. The lowest BCUT2D eigenvalue weighted by Gasteiger charge is -2.11. The molecule has 3 aromatic rings. The summed E-state index contributed by atoms with van der Waals surface area (Å²) in [5.74, 6) is 0.0522. The largest absolute Gasteiger partial charge is 0.573 e. The number of benzene rings is 2. The van der Waals surface area contributed by atoms with Crippen LogP contribution in [0.5, 0.6) is 5.75 Å². The Morgan fingerprint density at radius 1 is 1.09 bits per heavy atom. The molecule has 0 saturated carbocycles. The minimum atomic E-state index is -4.71. The number of fused-ring (bicyclic) bond motifs is 1. The average Bonchev–Trinajstić information content (AvgIpc) is 2.74. The molecular weight excluding hydrogens is 295 g/mol. The summed E-state index contributed by atoms with van der Waals surface area (Å²) in [6.45, 7) is 0.307. The first-order valence-electron chi connectivity index (χ1n) is 6.48. The Labute approximate surface area is 123 Å². The molecule has 2 N–H and O–H groups in total. The van der Waals surface area contributed by atoms with Gasteiger partial charge in [-0.2, -0.15) is 0 Å². The topological polar surface area (TPSA) is 53.1 Å². The Hall–Kier alpha value is -2.70. The zero-order valence-electron chi connectivity index (χ0n) is 11.3. The number of rotatable bonds is 3. The molecule has 0 amide bonds. The van der Waals surface area contributed by atoms with Crippen LogP contribution in [-0.4, -0.2) is 15.9 Å². The van der Waals surface area contributed by atoms with Crippen LogP contribution in [0.2, 0.25) is 0 Å².